The van der Waals surface area contributed by atoms with Gasteiger partial charge in [-0.1, -0.05) is 0 Å². The molecule has 4 nitrogen and oxygen atoms in total. The van der Waals surface area contributed by atoms with Crippen LogP contribution < -0.4 is 5.73 Å². The minimum absolute atomic E-state index is 0.0957. The summed E-state index contributed by atoms with van der Waals surface area (Å²) in [5.41, 5.74) is 5.57. The second-order valence-electron chi connectivity index (χ2n) is 4.93. The predicted molar refractivity (Wildman–Crippen MR) is 79.2 cm³/mol. The highest BCUT2D eigenvalue weighted by Gasteiger charge is 2.21. The summed E-state index contributed by atoms with van der Waals surface area (Å²) in [6.07, 6.45) is 0.147. The Balaban J connectivity index is 2.69. The quantitative estimate of drug-likeness (QED) is 0.835. The Labute approximate surface area is 119 Å². The number of thiophene rings is 1. The number of ether oxygens (including phenoxy) is 1. The van der Waals surface area contributed by atoms with Gasteiger partial charge in [-0.3, -0.25) is 4.79 Å². The van der Waals surface area contributed by atoms with Crippen LogP contribution in [-0.2, 0) is 16.1 Å². The van der Waals surface area contributed by atoms with Crippen LogP contribution in [0.2, 0.25) is 0 Å². The van der Waals surface area contributed by atoms with Crippen molar-refractivity contribution in [3.05, 3.63) is 21.9 Å². The van der Waals surface area contributed by atoms with Gasteiger partial charge >= 0.3 is 0 Å². The van der Waals surface area contributed by atoms with Crippen LogP contribution in [0.15, 0.2) is 12.1 Å². The van der Waals surface area contributed by atoms with Gasteiger partial charge in [0.2, 0.25) is 5.91 Å². The molecule has 5 heteroatoms. The van der Waals surface area contributed by atoms with E-state index in [0.29, 0.717) is 19.5 Å². The maximum atomic E-state index is 12.3. The fourth-order valence-electron chi connectivity index (χ4n) is 1.87. The van der Waals surface area contributed by atoms with E-state index in [-0.39, 0.29) is 18.1 Å². The van der Waals surface area contributed by atoms with Gasteiger partial charge < -0.3 is 15.4 Å². The zero-order valence-corrected chi connectivity index (χ0v) is 13.0. The number of hydrogen-bond acceptors (Lipinski definition) is 4. The maximum absolute atomic E-state index is 12.3. The fourth-order valence-corrected chi connectivity index (χ4v) is 2.76. The van der Waals surface area contributed by atoms with Gasteiger partial charge in [-0.2, -0.15) is 0 Å². The van der Waals surface area contributed by atoms with Crippen molar-refractivity contribution in [2.45, 2.75) is 45.9 Å². The molecule has 0 fully saturated rings. The van der Waals surface area contributed by atoms with Crippen LogP contribution in [-0.4, -0.2) is 36.6 Å². The van der Waals surface area contributed by atoms with Crippen molar-refractivity contribution < 1.29 is 9.53 Å². The molecule has 0 aromatic carbocycles. The zero-order chi connectivity index (χ0) is 14.4. The summed E-state index contributed by atoms with van der Waals surface area (Å²) >= 11 is 1.73. The third-order valence-electron chi connectivity index (χ3n) is 3.06. The van der Waals surface area contributed by atoms with Crippen LogP contribution in [0.4, 0.5) is 0 Å². The highest BCUT2D eigenvalue weighted by atomic mass is 32.1. The summed E-state index contributed by atoms with van der Waals surface area (Å²) in [6, 6.07) is 4.34. The first-order valence-corrected chi connectivity index (χ1v) is 7.37. The monoisotopic (exact) mass is 284 g/mol. The van der Waals surface area contributed by atoms with Crippen molar-refractivity contribution in [1.82, 2.24) is 4.90 Å². The first kappa shape index (κ1) is 16.1. The molecule has 0 aliphatic carbocycles. The molecule has 1 atom stereocenters. The molecule has 0 radical (unpaired) electrons. The van der Waals surface area contributed by atoms with Crippen LogP contribution in [0, 0.1) is 6.92 Å². The van der Waals surface area contributed by atoms with E-state index in [0.717, 1.165) is 0 Å². The lowest BCUT2D eigenvalue weighted by molar-refractivity contribution is -0.136. The number of carbonyl (C=O) groups is 1. The van der Waals surface area contributed by atoms with Crippen LogP contribution in [0.25, 0.3) is 0 Å². The number of nitrogens with two attached hydrogens (primary N) is 1. The molecule has 1 unspecified atom stereocenters. The highest BCUT2D eigenvalue weighted by Crippen LogP contribution is 2.19. The van der Waals surface area contributed by atoms with Crippen molar-refractivity contribution in [3.63, 3.8) is 0 Å². The van der Waals surface area contributed by atoms with Crippen molar-refractivity contribution in [2.24, 2.45) is 5.73 Å². The van der Waals surface area contributed by atoms with Gasteiger partial charge in [0, 0.05) is 29.5 Å². The van der Waals surface area contributed by atoms with E-state index in [2.05, 4.69) is 19.1 Å². The Hall–Kier alpha value is -0.910. The van der Waals surface area contributed by atoms with Crippen molar-refractivity contribution in [1.29, 1.82) is 0 Å². The van der Waals surface area contributed by atoms with Crippen LogP contribution in [0.1, 0.15) is 30.0 Å². The molecule has 1 aromatic rings. The lowest BCUT2D eigenvalue weighted by atomic mass is 10.2. The van der Waals surface area contributed by atoms with Gasteiger partial charge in [-0.05, 0) is 32.9 Å². The van der Waals surface area contributed by atoms with Crippen LogP contribution >= 0.6 is 11.3 Å². The number of rotatable bonds is 7. The lowest BCUT2D eigenvalue weighted by Crippen LogP contribution is -2.39. The third kappa shape index (κ3) is 4.93. The van der Waals surface area contributed by atoms with E-state index in [4.69, 9.17) is 10.5 Å². The molecule has 0 aliphatic rings. The molecular weight excluding hydrogens is 260 g/mol. The zero-order valence-electron chi connectivity index (χ0n) is 12.2. The van der Waals surface area contributed by atoms with Gasteiger partial charge in [0.15, 0.2) is 0 Å². The summed E-state index contributed by atoms with van der Waals surface area (Å²) < 4.78 is 5.18. The van der Waals surface area contributed by atoms with E-state index in [1.807, 2.05) is 18.7 Å². The normalized spacial score (nSPS) is 12.7. The first-order valence-electron chi connectivity index (χ1n) is 6.55. The van der Waals surface area contributed by atoms with E-state index in [1.54, 1.807) is 18.4 Å². The van der Waals surface area contributed by atoms with Gasteiger partial charge in [-0.25, -0.2) is 0 Å². The predicted octanol–water partition coefficient (Wildman–Crippen LogP) is 2.16. The summed E-state index contributed by atoms with van der Waals surface area (Å²) in [4.78, 5) is 16.7. The maximum Gasteiger partial charge on any atom is 0.225 e. The molecule has 0 saturated heterocycles. The molecule has 0 aliphatic heterocycles. The number of nitrogens with zero attached hydrogens (tertiary/aromatic N) is 1. The van der Waals surface area contributed by atoms with E-state index < -0.39 is 0 Å². The molecule has 1 rings (SSSR count). The highest BCUT2D eigenvalue weighted by molar-refractivity contribution is 7.11. The third-order valence-corrected chi connectivity index (χ3v) is 4.05. The Morgan fingerprint density at radius 2 is 2.16 bits per heavy atom. The Kier molecular flexibility index (Phi) is 6.48. The second-order valence-corrected chi connectivity index (χ2v) is 6.30. The van der Waals surface area contributed by atoms with Crippen molar-refractivity contribution >= 4 is 17.2 Å². The average Bonchev–Trinajstić information content (AvgIpc) is 2.78. The molecule has 1 amide bonds. The number of amides is 1. The smallest absolute Gasteiger partial charge is 0.225 e. The molecule has 2 N–H and O–H groups in total. The van der Waals surface area contributed by atoms with Crippen LogP contribution in [0.5, 0.6) is 0 Å². The molecule has 0 saturated carbocycles. The molecular formula is C14H24N2O2S. The summed E-state index contributed by atoms with van der Waals surface area (Å²) in [5.74, 6) is 0.0957. The second kappa shape index (κ2) is 7.62. The average molecular weight is 284 g/mol. The topological polar surface area (TPSA) is 55.6 Å². The number of carbonyl (C=O) groups excluding carboxylic acids is 1. The largest absolute Gasteiger partial charge is 0.380 e. The lowest BCUT2D eigenvalue weighted by Gasteiger charge is -2.27. The molecule has 1 aromatic heterocycles. The standard InChI is InChI=1S/C14H24N2O2S/c1-10(2)16(9-13-6-5-11(3)19-13)14(17)7-12(8-15)18-4/h5-6,10,12H,7-9,15H2,1-4H3. The van der Waals surface area contributed by atoms with Crippen molar-refractivity contribution in [2.75, 3.05) is 13.7 Å². The van der Waals surface area contributed by atoms with Gasteiger partial charge in [0.05, 0.1) is 19.1 Å². The Morgan fingerprint density at radius 1 is 1.47 bits per heavy atom. The molecule has 108 valence electrons. The van der Waals surface area contributed by atoms with Crippen LogP contribution in [0.3, 0.4) is 0 Å². The molecule has 0 spiro atoms. The van der Waals surface area contributed by atoms with Gasteiger partial charge in [-0.15, -0.1) is 11.3 Å². The number of hydrogen-bond donors (Lipinski definition) is 1. The minimum Gasteiger partial charge on any atom is -0.380 e. The molecule has 0 bridgehead atoms. The van der Waals surface area contributed by atoms with Gasteiger partial charge in [0.1, 0.15) is 0 Å². The van der Waals surface area contributed by atoms with Gasteiger partial charge in [0.25, 0.3) is 0 Å². The Morgan fingerprint density at radius 3 is 2.58 bits per heavy atom. The summed E-state index contributed by atoms with van der Waals surface area (Å²) in [5, 5.41) is 0. The molecule has 1 heterocycles. The van der Waals surface area contributed by atoms with E-state index in [1.165, 1.54) is 9.75 Å². The van der Waals surface area contributed by atoms with E-state index >= 15 is 0 Å². The minimum atomic E-state index is -0.196. The fraction of sp³-hybridized carbons (Fsp3) is 0.643. The summed E-state index contributed by atoms with van der Waals surface area (Å²) in [6.45, 7) is 7.17. The SMILES string of the molecule is COC(CN)CC(=O)N(Cc1ccc(C)s1)C(C)C. The molecule has 19 heavy (non-hydrogen) atoms. The number of methoxy groups -OCH3 is 1. The van der Waals surface area contributed by atoms with Crippen molar-refractivity contribution in [3.8, 4) is 0 Å². The van der Waals surface area contributed by atoms with E-state index in [9.17, 15) is 4.79 Å². The summed E-state index contributed by atoms with van der Waals surface area (Å²) in [7, 11) is 1.59. The first-order chi connectivity index (χ1) is 8.97. The Bertz CT molecular complexity index is 400. The number of aryl methyl sites for hydroxylation is 1.